The van der Waals surface area contributed by atoms with Crippen molar-refractivity contribution in [2.45, 2.75) is 17.1 Å². The highest BCUT2D eigenvalue weighted by molar-refractivity contribution is 9.09. The van der Waals surface area contributed by atoms with Crippen molar-refractivity contribution < 1.29 is 8.42 Å². The molecule has 1 aliphatic rings. The molecule has 17 heavy (non-hydrogen) atoms. The van der Waals surface area contributed by atoms with Gasteiger partial charge in [0.25, 0.3) is 10.0 Å². The first-order valence-corrected chi connectivity index (χ1v) is 9.11. The van der Waals surface area contributed by atoms with Crippen LogP contribution in [0.15, 0.2) is 16.3 Å². The zero-order chi connectivity index (χ0) is 12.5. The first-order valence-electron chi connectivity index (χ1n) is 5.35. The van der Waals surface area contributed by atoms with Gasteiger partial charge in [0.1, 0.15) is 4.21 Å². The molecule has 0 radical (unpaired) electrons. The van der Waals surface area contributed by atoms with Crippen LogP contribution in [-0.4, -0.2) is 31.1 Å². The van der Waals surface area contributed by atoms with Crippen molar-refractivity contribution in [1.82, 2.24) is 4.31 Å². The lowest BCUT2D eigenvalue weighted by atomic mass is 10.0. The molecule has 0 bridgehead atoms. The van der Waals surface area contributed by atoms with Crippen LogP contribution in [0.5, 0.6) is 0 Å². The Morgan fingerprint density at radius 3 is 2.53 bits per heavy atom. The van der Waals surface area contributed by atoms with Gasteiger partial charge in [0.05, 0.1) is 4.34 Å². The zero-order valence-corrected chi connectivity index (χ0v) is 13.1. The monoisotopic (exact) mass is 357 g/mol. The van der Waals surface area contributed by atoms with E-state index in [-0.39, 0.29) is 0 Å². The Morgan fingerprint density at radius 1 is 1.41 bits per heavy atom. The van der Waals surface area contributed by atoms with Crippen LogP contribution in [-0.2, 0) is 10.0 Å². The van der Waals surface area contributed by atoms with Crippen molar-refractivity contribution in [3.63, 3.8) is 0 Å². The second-order valence-electron chi connectivity index (χ2n) is 4.06. The predicted molar refractivity (Wildman–Crippen MR) is 74.6 cm³/mol. The number of halogens is 2. The second kappa shape index (κ2) is 5.57. The van der Waals surface area contributed by atoms with Crippen LogP contribution in [0.2, 0.25) is 4.34 Å². The molecule has 0 spiro atoms. The quantitative estimate of drug-likeness (QED) is 0.778. The van der Waals surface area contributed by atoms with E-state index in [4.69, 9.17) is 11.6 Å². The molecule has 2 heterocycles. The van der Waals surface area contributed by atoms with Gasteiger partial charge in [-0.2, -0.15) is 4.31 Å². The summed E-state index contributed by atoms with van der Waals surface area (Å²) >= 11 is 10.3. The molecule has 0 amide bonds. The van der Waals surface area contributed by atoms with Crippen molar-refractivity contribution in [2.24, 2.45) is 5.92 Å². The van der Waals surface area contributed by atoms with Gasteiger partial charge in [0, 0.05) is 18.4 Å². The van der Waals surface area contributed by atoms with Gasteiger partial charge in [-0.05, 0) is 30.9 Å². The number of hydrogen-bond donors (Lipinski definition) is 0. The van der Waals surface area contributed by atoms with Gasteiger partial charge < -0.3 is 0 Å². The molecule has 0 atom stereocenters. The van der Waals surface area contributed by atoms with Crippen LogP contribution in [0, 0.1) is 5.92 Å². The first kappa shape index (κ1) is 13.8. The van der Waals surface area contributed by atoms with Gasteiger partial charge in [-0.15, -0.1) is 11.3 Å². The minimum absolute atomic E-state index is 0.347. The standard InChI is InChI=1S/C10H13BrClNO2S2/c11-7-8-3-5-13(6-4-8)17(14,15)10-2-1-9(12)16-10/h1-2,8H,3-7H2. The van der Waals surface area contributed by atoms with E-state index in [1.807, 2.05) is 0 Å². The minimum Gasteiger partial charge on any atom is -0.206 e. The van der Waals surface area contributed by atoms with Crippen molar-refractivity contribution in [3.8, 4) is 0 Å². The van der Waals surface area contributed by atoms with E-state index in [0.29, 0.717) is 27.6 Å². The highest BCUT2D eigenvalue weighted by atomic mass is 79.9. The SMILES string of the molecule is O=S(=O)(c1ccc(Cl)s1)N1CCC(CBr)CC1. The Labute approximate surface area is 119 Å². The highest BCUT2D eigenvalue weighted by Crippen LogP contribution is 2.30. The number of rotatable bonds is 3. The maximum Gasteiger partial charge on any atom is 0.252 e. The molecule has 0 unspecified atom stereocenters. The average Bonchev–Trinajstić information content (AvgIpc) is 2.77. The Morgan fingerprint density at radius 2 is 2.06 bits per heavy atom. The van der Waals surface area contributed by atoms with Gasteiger partial charge in [0.2, 0.25) is 0 Å². The maximum atomic E-state index is 12.3. The summed E-state index contributed by atoms with van der Waals surface area (Å²) in [7, 11) is -3.32. The second-order valence-corrected chi connectivity index (χ2v) is 8.59. The van der Waals surface area contributed by atoms with Crippen LogP contribution in [0.3, 0.4) is 0 Å². The summed E-state index contributed by atoms with van der Waals surface area (Å²) in [5, 5.41) is 0.950. The molecule has 0 saturated carbocycles. The van der Waals surface area contributed by atoms with E-state index in [9.17, 15) is 8.42 Å². The van der Waals surface area contributed by atoms with Crippen LogP contribution >= 0.6 is 38.9 Å². The van der Waals surface area contributed by atoms with E-state index in [1.165, 1.54) is 0 Å². The van der Waals surface area contributed by atoms with E-state index in [2.05, 4.69) is 15.9 Å². The summed E-state index contributed by atoms with van der Waals surface area (Å²) in [6.45, 7) is 1.21. The molecule has 0 aromatic carbocycles. The summed E-state index contributed by atoms with van der Waals surface area (Å²) in [6.07, 6.45) is 1.84. The van der Waals surface area contributed by atoms with Crippen LogP contribution in [0.1, 0.15) is 12.8 Å². The molecule has 1 fully saturated rings. The lowest BCUT2D eigenvalue weighted by molar-refractivity contribution is 0.292. The number of sulfonamides is 1. The van der Waals surface area contributed by atoms with Gasteiger partial charge in [0.15, 0.2) is 0 Å². The molecule has 1 aromatic heterocycles. The molecule has 0 N–H and O–H groups in total. The molecular formula is C10H13BrClNO2S2. The topological polar surface area (TPSA) is 37.4 Å². The summed E-state index contributed by atoms with van der Waals surface area (Å²) in [6, 6.07) is 3.21. The van der Waals surface area contributed by atoms with Gasteiger partial charge in [-0.1, -0.05) is 27.5 Å². The molecular weight excluding hydrogens is 346 g/mol. The lowest BCUT2D eigenvalue weighted by Crippen LogP contribution is -2.38. The van der Waals surface area contributed by atoms with Gasteiger partial charge in [-0.3, -0.25) is 0 Å². The minimum atomic E-state index is -3.32. The van der Waals surface area contributed by atoms with E-state index in [0.717, 1.165) is 29.5 Å². The average molecular weight is 359 g/mol. The summed E-state index contributed by atoms with van der Waals surface area (Å²) < 4.78 is 26.9. The third-order valence-electron chi connectivity index (χ3n) is 2.93. The Hall–Kier alpha value is 0.380. The van der Waals surface area contributed by atoms with Crippen molar-refractivity contribution in [1.29, 1.82) is 0 Å². The predicted octanol–water partition coefficient (Wildman–Crippen LogP) is 3.20. The number of alkyl halides is 1. The normalized spacial score (nSPS) is 19.6. The molecule has 2 rings (SSSR count). The van der Waals surface area contributed by atoms with Gasteiger partial charge in [-0.25, -0.2) is 8.42 Å². The van der Waals surface area contributed by atoms with Crippen molar-refractivity contribution in [3.05, 3.63) is 16.5 Å². The summed E-state index contributed by atoms with van der Waals surface area (Å²) in [5.41, 5.74) is 0. The molecule has 1 aliphatic heterocycles. The molecule has 1 saturated heterocycles. The van der Waals surface area contributed by atoms with E-state index >= 15 is 0 Å². The fourth-order valence-corrected chi connectivity index (χ4v) is 5.62. The van der Waals surface area contributed by atoms with Crippen molar-refractivity contribution >= 4 is 48.9 Å². The first-order chi connectivity index (χ1) is 8.04. The van der Waals surface area contributed by atoms with Crippen LogP contribution < -0.4 is 0 Å². The maximum absolute atomic E-state index is 12.3. The van der Waals surface area contributed by atoms with Gasteiger partial charge >= 0.3 is 0 Å². The smallest absolute Gasteiger partial charge is 0.206 e. The zero-order valence-electron chi connectivity index (χ0n) is 9.10. The highest BCUT2D eigenvalue weighted by Gasteiger charge is 2.29. The Kier molecular flexibility index (Phi) is 4.52. The van der Waals surface area contributed by atoms with Crippen LogP contribution in [0.25, 0.3) is 0 Å². The van der Waals surface area contributed by atoms with Crippen molar-refractivity contribution in [2.75, 3.05) is 18.4 Å². The third kappa shape index (κ3) is 3.04. The molecule has 96 valence electrons. The summed E-state index contributed by atoms with van der Waals surface area (Å²) in [4.78, 5) is 0. The lowest BCUT2D eigenvalue weighted by Gasteiger charge is -2.29. The molecule has 0 aliphatic carbocycles. The largest absolute Gasteiger partial charge is 0.252 e. The summed E-state index contributed by atoms with van der Waals surface area (Å²) in [5.74, 6) is 0.591. The molecule has 7 heteroatoms. The number of piperidine rings is 1. The number of hydrogen-bond acceptors (Lipinski definition) is 3. The Balaban J connectivity index is 2.12. The molecule has 3 nitrogen and oxygen atoms in total. The number of thiophene rings is 1. The van der Waals surface area contributed by atoms with E-state index < -0.39 is 10.0 Å². The fourth-order valence-electron chi connectivity index (χ4n) is 1.87. The molecule has 1 aromatic rings. The van der Waals surface area contributed by atoms with Crippen LogP contribution in [0.4, 0.5) is 0 Å². The van der Waals surface area contributed by atoms with E-state index in [1.54, 1.807) is 16.4 Å². The Bertz CT molecular complexity index is 480. The number of nitrogens with zero attached hydrogens (tertiary/aromatic N) is 1. The third-order valence-corrected chi connectivity index (χ3v) is 7.45. The fraction of sp³-hybridized carbons (Fsp3) is 0.600.